The van der Waals surface area contributed by atoms with Crippen molar-refractivity contribution in [1.29, 1.82) is 0 Å². The summed E-state index contributed by atoms with van der Waals surface area (Å²) >= 11 is 5.77. The van der Waals surface area contributed by atoms with Gasteiger partial charge in [-0.15, -0.1) is 0 Å². The van der Waals surface area contributed by atoms with Crippen molar-refractivity contribution in [3.63, 3.8) is 0 Å². The molecular formula is C15H14ClFN4O5. The number of halogens is 2. The topological polar surface area (TPSA) is 132 Å². The number of aryl methyl sites for hydroxylation is 1. The molecule has 2 aromatic rings. The van der Waals surface area contributed by atoms with E-state index in [0.29, 0.717) is 0 Å². The second-order valence-electron chi connectivity index (χ2n) is 6.17. The third kappa shape index (κ3) is 2.42. The van der Waals surface area contributed by atoms with Gasteiger partial charge in [0.15, 0.2) is 16.8 Å². The van der Waals surface area contributed by atoms with Crippen LogP contribution in [0.15, 0.2) is 12.2 Å². The minimum atomic E-state index is -2.90. The summed E-state index contributed by atoms with van der Waals surface area (Å²) in [6.07, 6.45) is 2.73. The second kappa shape index (κ2) is 5.44. The molecule has 2 aromatic heterocycles. The zero-order valence-corrected chi connectivity index (χ0v) is 14.1. The normalized spacial score (nSPS) is 23.2. The zero-order chi connectivity index (χ0) is 18.9. The van der Waals surface area contributed by atoms with E-state index in [1.54, 1.807) is 6.08 Å². The van der Waals surface area contributed by atoms with Crippen molar-refractivity contribution >= 4 is 28.3 Å². The Morgan fingerprint density at radius 3 is 2.69 bits per heavy atom. The second-order valence-corrected chi connectivity index (χ2v) is 6.53. The molecule has 0 aromatic carbocycles. The highest BCUT2D eigenvalue weighted by atomic mass is 35.5. The summed E-state index contributed by atoms with van der Waals surface area (Å²) in [6, 6.07) is -1.38. The fraction of sp³-hybridized carbons (Fsp3) is 0.400. The van der Waals surface area contributed by atoms with E-state index in [2.05, 4.69) is 15.0 Å². The average Bonchev–Trinajstić information content (AvgIpc) is 2.74. The van der Waals surface area contributed by atoms with Crippen LogP contribution in [0.1, 0.15) is 18.7 Å². The van der Waals surface area contributed by atoms with Crippen LogP contribution in [0.25, 0.3) is 10.9 Å². The maximum Gasteiger partial charge on any atom is 0.345 e. The molecule has 138 valence electrons. The molecule has 4 N–H and O–H groups in total. The van der Waals surface area contributed by atoms with Crippen molar-refractivity contribution < 1.29 is 29.6 Å². The van der Waals surface area contributed by atoms with E-state index in [9.17, 15) is 24.8 Å². The molecule has 0 amide bonds. The molecule has 0 aliphatic carbocycles. The average molecular weight is 385 g/mol. The molecule has 0 bridgehead atoms. The Morgan fingerprint density at radius 2 is 1.96 bits per heavy atom. The van der Waals surface area contributed by atoms with Crippen molar-refractivity contribution in [2.24, 2.45) is 0 Å². The van der Waals surface area contributed by atoms with Crippen LogP contribution in [-0.4, -0.2) is 53.3 Å². The number of ether oxygens (including phenoxy) is 1. The first-order chi connectivity index (χ1) is 12.1. The van der Waals surface area contributed by atoms with E-state index in [0.717, 1.165) is 4.90 Å². The summed E-state index contributed by atoms with van der Waals surface area (Å²) in [4.78, 5) is 12.7. The molecule has 0 spiro atoms. The molecule has 0 fully saturated rings. The van der Waals surface area contributed by atoms with E-state index >= 15 is 0 Å². The third-order valence-electron chi connectivity index (χ3n) is 4.33. The van der Waals surface area contributed by atoms with E-state index < -0.39 is 34.8 Å². The minimum absolute atomic E-state index is 0.0232. The number of pyridine rings is 1. The summed E-state index contributed by atoms with van der Waals surface area (Å²) in [7, 11) is 0. The maximum atomic E-state index is 14.5. The van der Waals surface area contributed by atoms with Gasteiger partial charge >= 0.3 is 5.97 Å². The fourth-order valence-corrected chi connectivity index (χ4v) is 3.39. The van der Waals surface area contributed by atoms with Crippen molar-refractivity contribution in [2.75, 3.05) is 4.90 Å². The lowest BCUT2D eigenvalue weighted by atomic mass is 10.1. The number of rotatable bonds is 0. The van der Waals surface area contributed by atoms with Gasteiger partial charge in [-0.3, -0.25) is 4.90 Å². The molecule has 0 saturated carbocycles. The lowest BCUT2D eigenvalue weighted by Crippen LogP contribution is -2.63. The molecule has 9 nitrogen and oxygen atoms in total. The van der Waals surface area contributed by atoms with E-state index in [1.807, 2.05) is 0 Å². The largest absolute Gasteiger partial charge is 0.419 e. The molecule has 2 aliphatic heterocycles. The molecule has 26 heavy (non-hydrogen) atoms. The Hall–Kier alpha value is -2.11. The number of hydrogen-bond acceptors (Lipinski definition) is 9. The quantitative estimate of drug-likeness (QED) is 0.288. The summed E-state index contributed by atoms with van der Waals surface area (Å²) < 4.78 is 19.7. The number of hydrogen-bond donors (Lipinski definition) is 4. The molecule has 11 heteroatoms. The van der Waals surface area contributed by atoms with Gasteiger partial charge in [0, 0.05) is 6.42 Å². The Kier molecular flexibility index (Phi) is 3.62. The van der Waals surface area contributed by atoms with Gasteiger partial charge in [-0.2, -0.15) is 4.98 Å². The van der Waals surface area contributed by atoms with Crippen LogP contribution in [0.2, 0.25) is 5.15 Å². The van der Waals surface area contributed by atoms with Crippen LogP contribution in [0, 0.1) is 12.7 Å². The van der Waals surface area contributed by atoms with Gasteiger partial charge in [0.1, 0.15) is 22.8 Å². The van der Waals surface area contributed by atoms with E-state index in [-0.39, 0.29) is 35.4 Å². The first-order valence-electron chi connectivity index (χ1n) is 7.68. The lowest BCUT2D eigenvalue weighted by Gasteiger charge is -2.42. The highest BCUT2D eigenvalue weighted by molar-refractivity contribution is 6.30. The van der Waals surface area contributed by atoms with E-state index in [4.69, 9.17) is 16.3 Å². The lowest BCUT2D eigenvalue weighted by molar-refractivity contribution is -0.313. The Morgan fingerprint density at radius 1 is 1.23 bits per heavy atom. The number of aromatic nitrogens is 3. The first kappa shape index (κ1) is 17.3. The highest BCUT2D eigenvalue weighted by Crippen LogP contribution is 2.44. The molecule has 4 rings (SSSR count). The van der Waals surface area contributed by atoms with Crippen molar-refractivity contribution in [2.45, 2.75) is 37.7 Å². The van der Waals surface area contributed by atoms with Crippen molar-refractivity contribution in [1.82, 2.24) is 15.0 Å². The first-order valence-corrected chi connectivity index (χ1v) is 8.06. The van der Waals surface area contributed by atoms with Gasteiger partial charge in [-0.25, -0.2) is 14.4 Å². The molecule has 0 radical (unpaired) electrons. The molecular weight excluding hydrogens is 371 g/mol. The SMILES string of the molecule is Cc1nc2c3c(nc(Cl)c(F)c3n1)OC(O)(O)C1CC=CCC(O)(O)N21. The van der Waals surface area contributed by atoms with E-state index in [1.165, 1.54) is 13.0 Å². The third-order valence-corrected chi connectivity index (χ3v) is 4.58. The van der Waals surface area contributed by atoms with Crippen LogP contribution in [0.3, 0.4) is 0 Å². The summed E-state index contributed by atoms with van der Waals surface area (Å²) in [6.45, 7) is 1.47. The highest BCUT2D eigenvalue weighted by Gasteiger charge is 2.53. The number of aliphatic hydroxyl groups is 4. The minimum Gasteiger partial charge on any atom is -0.419 e. The monoisotopic (exact) mass is 384 g/mol. The zero-order valence-electron chi connectivity index (χ0n) is 13.4. The molecule has 0 saturated heterocycles. The maximum absolute atomic E-state index is 14.5. The Bertz CT molecular complexity index is 952. The number of anilines is 1. The summed E-state index contributed by atoms with van der Waals surface area (Å²) in [5.41, 5.74) is -0.285. The van der Waals surface area contributed by atoms with Crippen LogP contribution in [0.4, 0.5) is 10.2 Å². The number of nitrogens with zero attached hydrogens (tertiary/aromatic N) is 4. The summed E-state index contributed by atoms with van der Waals surface area (Å²) in [5.74, 6) is -6.90. The van der Waals surface area contributed by atoms with Gasteiger partial charge < -0.3 is 25.2 Å². The molecule has 1 unspecified atom stereocenters. The van der Waals surface area contributed by atoms with Gasteiger partial charge in [-0.1, -0.05) is 23.8 Å². The standard InChI is InChI=1S/C15H14ClFN4O5/c1-6-18-10-8-12(19-6)21-7(4-2-3-5-14(21,22)23)15(24,25)26-13(8)20-11(16)9(10)17/h2-3,7,22-25H,4-5H2,1H3. The molecule has 2 aliphatic rings. The van der Waals surface area contributed by atoms with Crippen molar-refractivity contribution in [3.05, 3.63) is 28.9 Å². The van der Waals surface area contributed by atoms with Gasteiger partial charge in [-0.05, 0) is 13.3 Å². The van der Waals surface area contributed by atoms with Gasteiger partial charge in [0.05, 0.1) is 0 Å². The number of fused-ring (bicyclic) bond motifs is 2. The Labute approximate surface area is 151 Å². The molecule has 1 atom stereocenters. The summed E-state index contributed by atoms with van der Waals surface area (Å²) in [5, 5.41) is 41.3. The van der Waals surface area contributed by atoms with Gasteiger partial charge in [0.25, 0.3) is 5.91 Å². The van der Waals surface area contributed by atoms with Crippen LogP contribution < -0.4 is 9.64 Å². The fourth-order valence-electron chi connectivity index (χ4n) is 3.22. The predicted octanol–water partition coefficient (Wildman–Crippen LogP) is 0.320. The smallest absolute Gasteiger partial charge is 0.345 e. The molecule has 4 heterocycles. The predicted molar refractivity (Wildman–Crippen MR) is 86.6 cm³/mol. The Balaban J connectivity index is 2.14. The van der Waals surface area contributed by atoms with Crippen LogP contribution >= 0.6 is 11.6 Å². The van der Waals surface area contributed by atoms with Crippen LogP contribution in [-0.2, 0) is 0 Å². The van der Waals surface area contributed by atoms with Gasteiger partial charge in [0.2, 0.25) is 5.88 Å². The van der Waals surface area contributed by atoms with Crippen LogP contribution in [0.5, 0.6) is 5.88 Å². The van der Waals surface area contributed by atoms with Crippen molar-refractivity contribution in [3.8, 4) is 5.88 Å².